The van der Waals surface area contributed by atoms with Gasteiger partial charge in [-0.25, -0.2) is 0 Å². The van der Waals surface area contributed by atoms with Crippen LogP contribution in [0.3, 0.4) is 0 Å². The highest BCUT2D eigenvalue weighted by Crippen LogP contribution is 2.57. The molecule has 3 N–H and O–H groups in total. The molecule has 0 spiro atoms. The Bertz CT molecular complexity index is 1030. The summed E-state index contributed by atoms with van der Waals surface area (Å²) in [5.74, 6) is -1.17. The fourth-order valence-electron chi connectivity index (χ4n) is 5.67. The summed E-state index contributed by atoms with van der Waals surface area (Å²) in [5, 5.41) is 15.8. The van der Waals surface area contributed by atoms with E-state index in [1.54, 1.807) is 0 Å². The number of aliphatic hydroxyl groups is 1. The summed E-state index contributed by atoms with van der Waals surface area (Å²) in [6.45, 7) is 2.25. The third-order valence-corrected chi connectivity index (χ3v) is 8.05. The number of rotatable bonds is 5. The molecule has 8 heteroatoms. The van der Waals surface area contributed by atoms with Gasteiger partial charge >= 0.3 is 0 Å². The fourth-order valence-corrected chi connectivity index (χ4v) is 5.67. The van der Waals surface area contributed by atoms with E-state index in [0.29, 0.717) is 13.0 Å². The van der Waals surface area contributed by atoms with Crippen LogP contribution < -0.4 is 10.6 Å². The maximum absolute atomic E-state index is 13.5. The van der Waals surface area contributed by atoms with Gasteiger partial charge in [0.15, 0.2) is 5.78 Å². The van der Waals surface area contributed by atoms with Gasteiger partial charge in [0.1, 0.15) is 0 Å². The van der Waals surface area contributed by atoms with Gasteiger partial charge in [0.2, 0.25) is 17.7 Å². The van der Waals surface area contributed by atoms with Crippen LogP contribution in [-0.4, -0.2) is 58.7 Å². The Hall–Kier alpha value is -3.00. The number of allylic oxidation sites excluding steroid dienone is 2. The van der Waals surface area contributed by atoms with Crippen molar-refractivity contribution in [2.45, 2.75) is 77.0 Å². The lowest BCUT2D eigenvalue weighted by Crippen LogP contribution is -2.46. The molecule has 2 heterocycles. The van der Waals surface area contributed by atoms with Crippen molar-refractivity contribution in [2.24, 2.45) is 17.3 Å². The molecule has 1 saturated carbocycles. The molecule has 0 radical (unpaired) electrons. The first-order valence-electron chi connectivity index (χ1n) is 13.6. The van der Waals surface area contributed by atoms with E-state index in [-0.39, 0.29) is 61.3 Å². The van der Waals surface area contributed by atoms with E-state index >= 15 is 0 Å². The number of aliphatic hydroxyl groups excluding tert-OH is 1. The fraction of sp³-hybridized carbons (Fsp3) is 0.586. The molecule has 5 atom stereocenters. The van der Waals surface area contributed by atoms with E-state index in [1.807, 2.05) is 43.3 Å². The largest absolute Gasteiger partial charge is 0.391 e. The second-order valence-corrected chi connectivity index (χ2v) is 10.9. The predicted octanol–water partition coefficient (Wildman–Crippen LogP) is 2.50. The van der Waals surface area contributed by atoms with Crippen LogP contribution in [0.1, 0.15) is 63.9 Å². The minimum Gasteiger partial charge on any atom is -0.391 e. The number of carbonyl (C=O) groups is 4. The monoisotopic (exact) mass is 509 g/mol. The van der Waals surface area contributed by atoms with Crippen molar-refractivity contribution in [3.63, 3.8) is 0 Å². The average molecular weight is 510 g/mol. The molecule has 1 aromatic carbocycles. The summed E-state index contributed by atoms with van der Waals surface area (Å²) in [6, 6.07) is 8.82. The maximum Gasteiger partial charge on any atom is 0.239 e. The Kier molecular flexibility index (Phi) is 8.79. The molecule has 4 rings (SSSR count). The first-order chi connectivity index (χ1) is 17.8. The van der Waals surface area contributed by atoms with Crippen molar-refractivity contribution in [1.82, 2.24) is 15.5 Å². The number of Topliss-reactive ketones (excluding diaryl/α,β-unsaturated/α-hetero) is 1. The highest BCUT2D eigenvalue weighted by Gasteiger charge is 2.60. The van der Waals surface area contributed by atoms with Gasteiger partial charge in [-0.3, -0.25) is 19.2 Å². The Morgan fingerprint density at radius 3 is 2.68 bits per heavy atom. The molecule has 3 amide bonds. The molecular formula is C29H39N3O5. The predicted molar refractivity (Wildman–Crippen MR) is 139 cm³/mol. The molecule has 3 aliphatic rings. The number of benzene rings is 1. The van der Waals surface area contributed by atoms with Gasteiger partial charge in [-0.15, -0.1) is 0 Å². The lowest BCUT2D eigenvalue weighted by atomic mass is 9.90. The summed E-state index contributed by atoms with van der Waals surface area (Å²) < 4.78 is 0. The van der Waals surface area contributed by atoms with E-state index in [2.05, 4.69) is 16.7 Å². The van der Waals surface area contributed by atoms with Crippen molar-refractivity contribution in [3.8, 4) is 0 Å². The molecular weight excluding hydrogens is 470 g/mol. The van der Waals surface area contributed by atoms with Gasteiger partial charge in [-0.1, -0.05) is 62.2 Å². The van der Waals surface area contributed by atoms with Crippen molar-refractivity contribution in [1.29, 1.82) is 0 Å². The Balaban J connectivity index is 1.43. The lowest BCUT2D eigenvalue weighted by Gasteiger charge is -2.27. The highest BCUT2D eigenvalue weighted by atomic mass is 16.3. The molecule has 0 aromatic heterocycles. The molecule has 1 aromatic rings. The van der Waals surface area contributed by atoms with Crippen molar-refractivity contribution >= 4 is 23.5 Å². The molecule has 1 saturated heterocycles. The Labute approximate surface area is 218 Å². The molecule has 0 unspecified atom stereocenters. The van der Waals surface area contributed by atoms with Crippen LogP contribution >= 0.6 is 0 Å². The van der Waals surface area contributed by atoms with Gasteiger partial charge in [-0.2, -0.15) is 0 Å². The summed E-state index contributed by atoms with van der Waals surface area (Å²) in [4.78, 5) is 53.9. The molecule has 200 valence electrons. The van der Waals surface area contributed by atoms with Crippen LogP contribution in [0.5, 0.6) is 0 Å². The second-order valence-electron chi connectivity index (χ2n) is 10.9. The van der Waals surface area contributed by atoms with Crippen molar-refractivity contribution < 1.29 is 24.3 Å². The second kappa shape index (κ2) is 12.0. The van der Waals surface area contributed by atoms with Gasteiger partial charge in [-0.05, 0) is 37.2 Å². The standard InChI is InChI=1S/C29H39N3O5/c1-20-10-6-3-2-4-9-13-22-15-29(22,16-25(34)24-14-23(33)19-32(24)27(20)36)28(37)31-18-26(35)30-17-21-11-7-5-8-12-21/h5,7-9,11-13,20,22-24,33H,2-4,6,10,14-19H2,1H3,(H,30,35)(H,31,37)/b13-9-/t20-,22+,23+,24-,29+/m0/s1. The molecule has 8 nitrogen and oxygen atoms in total. The minimum atomic E-state index is -0.915. The number of nitrogens with zero attached hydrogens (tertiary/aromatic N) is 1. The van der Waals surface area contributed by atoms with Gasteiger partial charge in [0, 0.05) is 31.8 Å². The molecule has 1 aliphatic carbocycles. The number of hydrogen-bond donors (Lipinski definition) is 3. The number of ketones is 1. The van der Waals surface area contributed by atoms with E-state index in [0.717, 1.165) is 37.7 Å². The van der Waals surface area contributed by atoms with Crippen LogP contribution in [0.15, 0.2) is 42.5 Å². The van der Waals surface area contributed by atoms with Crippen LogP contribution in [0.2, 0.25) is 0 Å². The topological polar surface area (TPSA) is 116 Å². The SMILES string of the molecule is C[C@H]1CCCCC/C=C\[C@@H]2C[C@@]2(C(=O)NCC(=O)NCc2ccccc2)CC(=O)[C@@H]2C[C@@H](O)CN2C1=O. The Morgan fingerprint density at radius 2 is 1.89 bits per heavy atom. The normalized spacial score (nSPS) is 31.4. The summed E-state index contributed by atoms with van der Waals surface area (Å²) >= 11 is 0. The lowest BCUT2D eigenvalue weighted by molar-refractivity contribution is -0.142. The van der Waals surface area contributed by atoms with Gasteiger partial charge in [0.05, 0.1) is 24.1 Å². The smallest absolute Gasteiger partial charge is 0.239 e. The maximum atomic E-state index is 13.5. The summed E-state index contributed by atoms with van der Waals surface area (Å²) in [5.41, 5.74) is 0.0502. The van der Waals surface area contributed by atoms with Crippen LogP contribution in [0.4, 0.5) is 0 Å². The molecule has 2 aliphatic heterocycles. The first kappa shape index (κ1) is 27.0. The third kappa shape index (κ3) is 6.66. The number of hydrogen-bond acceptors (Lipinski definition) is 5. The van der Waals surface area contributed by atoms with Gasteiger partial charge in [0.25, 0.3) is 0 Å². The van der Waals surface area contributed by atoms with Crippen LogP contribution in [0.25, 0.3) is 0 Å². The minimum absolute atomic E-state index is 0.00494. The number of carbonyl (C=O) groups excluding carboxylic acids is 4. The van der Waals surface area contributed by atoms with E-state index in [1.165, 1.54) is 4.90 Å². The molecule has 37 heavy (non-hydrogen) atoms. The van der Waals surface area contributed by atoms with Crippen molar-refractivity contribution in [3.05, 3.63) is 48.0 Å². The van der Waals surface area contributed by atoms with E-state index in [4.69, 9.17) is 0 Å². The first-order valence-corrected chi connectivity index (χ1v) is 13.6. The molecule has 0 bridgehead atoms. The van der Waals surface area contributed by atoms with Crippen LogP contribution in [0, 0.1) is 17.3 Å². The van der Waals surface area contributed by atoms with Crippen molar-refractivity contribution in [2.75, 3.05) is 13.1 Å². The highest BCUT2D eigenvalue weighted by molar-refractivity contribution is 5.97. The van der Waals surface area contributed by atoms with Crippen LogP contribution in [-0.2, 0) is 25.7 Å². The number of fused-ring (bicyclic) bond motifs is 2. The van der Waals surface area contributed by atoms with Gasteiger partial charge < -0.3 is 20.6 Å². The molecule has 2 fully saturated rings. The zero-order chi connectivity index (χ0) is 26.4. The quantitative estimate of drug-likeness (QED) is 0.528. The summed E-state index contributed by atoms with van der Waals surface area (Å²) in [6.07, 6.45) is 8.75. The van der Waals surface area contributed by atoms with E-state index in [9.17, 15) is 24.3 Å². The third-order valence-electron chi connectivity index (χ3n) is 8.05. The zero-order valence-electron chi connectivity index (χ0n) is 21.7. The van der Waals surface area contributed by atoms with E-state index < -0.39 is 17.6 Å². The number of amides is 3. The average Bonchev–Trinajstić information content (AvgIpc) is 3.44. The zero-order valence-corrected chi connectivity index (χ0v) is 21.7. The Morgan fingerprint density at radius 1 is 1.11 bits per heavy atom. The summed E-state index contributed by atoms with van der Waals surface area (Å²) in [7, 11) is 0. The number of nitrogens with one attached hydrogen (secondary N) is 2.